The van der Waals surface area contributed by atoms with Crippen LogP contribution in [0.2, 0.25) is 0 Å². The molecule has 1 atom stereocenters. The minimum absolute atomic E-state index is 0.0591. The van der Waals surface area contributed by atoms with Crippen LogP contribution in [0.4, 0.5) is 17.3 Å². The van der Waals surface area contributed by atoms with Gasteiger partial charge >= 0.3 is 0 Å². The van der Waals surface area contributed by atoms with Gasteiger partial charge < -0.3 is 19.2 Å². The van der Waals surface area contributed by atoms with Crippen LogP contribution in [0.5, 0.6) is 0 Å². The van der Waals surface area contributed by atoms with Crippen LogP contribution in [0, 0.1) is 5.92 Å². The molecule has 24 heavy (non-hydrogen) atoms. The molecule has 2 aromatic rings. The van der Waals surface area contributed by atoms with Gasteiger partial charge in [0.2, 0.25) is 11.8 Å². The van der Waals surface area contributed by atoms with Crippen LogP contribution in [0.3, 0.4) is 0 Å². The van der Waals surface area contributed by atoms with Crippen molar-refractivity contribution in [2.24, 2.45) is 5.92 Å². The Morgan fingerprint density at radius 2 is 2.00 bits per heavy atom. The highest BCUT2D eigenvalue weighted by molar-refractivity contribution is 5.95. The third-order valence-corrected chi connectivity index (χ3v) is 4.10. The molecular formula is C17H23N5O2. The lowest BCUT2D eigenvalue weighted by molar-refractivity contribution is -0.116. The number of anilines is 3. The van der Waals surface area contributed by atoms with Crippen LogP contribution in [0.15, 0.2) is 28.8 Å². The number of nitrogens with zero attached hydrogens (tertiary/aromatic N) is 5. The van der Waals surface area contributed by atoms with E-state index in [9.17, 15) is 4.79 Å². The molecule has 1 aromatic heterocycles. The molecule has 1 aliphatic rings. The fourth-order valence-corrected chi connectivity index (χ4v) is 3.01. The zero-order chi connectivity index (χ0) is 17.3. The van der Waals surface area contributed by atoms with Gasteiger partial charge in [0.1, 0.15) is 0 Å². The van der Waals surface area contributed by atoms with E-state index in [0.717, 1.165) is 17.9 Å². The summed E-state index contributed by atoms with van der Waals surface area (Å²) < 4.78 is 5.37. The summed E-state index contributed by atoms with van der Waals surface area (Å²) in [4.78, 5) is 22.3. The van der Waals surface area contributed by atoms with Crippen molar-refractivity contribution in [2.45, 2.75) is 20.4 Å². The van der Waals surface area contributed by atoms with Crippen molar-refractivity contribution in [2.75, 3.05) is 41.9 Å². The molecule has 0 bridgehead atoms. The average molecular weight is 329 g/mol. The molecule has 0 saturated heterocycles. The third kappa shape index (κ3) is 3.20. The maximum absolute atomic E-state index is 12.1. The molecule has 0 fully saturated rings. The van der Waals surface area contributed by atoms with Crippen LogP contribution in [-0.2, 0) is 11.3 Å². The predicted molar refractivity (Wildman–Crippen MR) is 93.3 cm³/mol. The smallest absolute Gasteiger partial charge is 0.265 e. The van der Waals surface area contributed by atoms with E-state index in [1.807, 2.05) is 48.2 Å². The van der Waals surface area contributed by atoms with Crippen LogP contribution in [0.1, 0.15) is 19.7 Å². The Hall–Kier alpha value is -2.57. The molecule has 2 heterocycles. The van der Waals surface area contributed by atoms with E-state index in [2.05, 4.69) is 22.0 Å². The standard InChI is InChI=1S/C17H23N5O2/c1-12-9-21(11-16-18-17(19-24-16)20(3)4)14-7-5-6-8-15(14)22(10-12)13(2)23/h5-8,12H,9-11H2,1-4H3. The Morgan fingerprint density at radius 3 is 2.62 bits per heavy atom. The number of hydrogen-bond acceptors (Lipinski definition) is 6. The average Bonchev–Trinajstić information content (AvgIpc) is 2.95. The van der Waals surface area contributed by atoms with Crippen molar-refractivity contribution >= 4 is 23.2 Å². The van der Waals surface area contributed by atoms with E-state index < -0.39 is 0 Å². The van der Waals surface area contributed by atoms with Gasteiger partial charge in [0.15, 0.2) is 0 Å². The summed E-state index contributed by atoms with van der Waals surface area (Å²) >= 11 is 0. The molecule has 3 rings (SSSR count). The first kappa shape index (κ1) is 16.3. The fraction of sp³-hybridized carbons (Fsp3) is 0.471. The maximum atomic E-state index is 12.1. The first-order chi connectivity index (χ1) is 11.5. The summed E-state index contributed by atoms with van der Waals surface area (Å²) in [7, 11) is 3.76. The van der Waals surface area contributed by atoms with E-state index in [4.69, 9.17) is 4.52 Å². The van der Waals surface area contributed by atoms with Crippen molar-refractivity contribution in [1.82, 2.24) is 10.1 Å². The Kier molecular flexibility index (Phi) is 4.42. The largest absolute Gasteiger partial charge is 0.360 e. The molecule has 0 N–H and O–H groups in total. The molecule has 1 aliphatic heterocycles. The third-order valence-electron chi connectivity index (χ3n) is 4.10. The Bertz CT molecular complexity index is 727. The van der Waals surface area contributed by atoms with Gasteiger partial charge in [-0.05, 0) is 23.2 Å². The fourth-order valence-electron chi connectivity index (χ4n) is 3.01. The van der Waals surface area contributed by atoms with Crippen molar-refractivity contribution < 1.29 is 9.32 Å². The topological polar surface area (TPSA) is 65.7 Å². The van der Waals surface area contributed by atoms with E-state index in [0.29, 0.717) is 30.8 Å². The Morgan fingerprint density at radius 1 is 1.29 bits per heavy atom. The highest BCUT2D eigenvalue weighted by Crippen LogP contribution is 2.34. The van der Waals surface area contributed by atoms with Gasteiger partial charge in [0.25, 0.3) is 5.95 Å². The van der Waals surface area contributed by atoms with Gasteiger partial charge in [-0.25, -0.2) is 0 Å². The number of carbonyl (C=O) groups is 1. The van der Waals surface area contributed by atoms with Crippen LogP contribution in [0.25, 0.3) is 0 Å². The zero-order valence-corrected chi connectivity index (χ0v) is 14.6. The van der Waals surface area contributed by atoms with E-state index >= 15 is 0 Å². The monoisotopic (exact) mass is 329 g/mol. The first-order valence-electron chi connectivity index (χ1n) is 8.07. The molecule has 0 saturated carbocycles. The second-order valence-corrected chi connectivity index (χ2v) is 6.49. The summed E-state index contributed by atoms with van der Waals surface area (Å²) in [6.07, 6.45) is 0. The highest BCUT2D eigenvalue weighted by atomic mass is 16.5. The van der Waals surface area contributed by atoms with Crippen LogP contribution >= 0.6 is 0 Å². The summed E-state index contributed by atoms with van der Waals surface area (Å²) in [5, 5.41) is 3.97. The lowest BCUT2D eigenvalue weighted by atomic mass is 10.1. The van der Waals surface area contributed by atoms with E-state index in [1.54, 1.807) is 6.92 Å². The van der Waals surface area contributed by atoms with Gasteiger partial charge in [-0.15, -0.1) is 0 Å². The summed E-state index contributed by atoms with van der Waals surface area (Å²) in [6.45, 7) is 5.80. The maximum Gasteiger partial charge on any atom is 0.265 e. The number of fused-ring (bicyclic) bond motifs is 1. The molecule has 128 valence electrons. The Labute approximate surface area is 141 Å². The molecule has 1 unspecified atom stereocenters. The Balaban J connectivity index is 1.93. The lowest BCUT2D eigenvalue weighted by Gasteiger charge is -2.25. The number of amides is 1. The molecular weight excluding hydrogens is 306 g/mol. The summed E-state index contributed by atoms with van der Waals surface area (Å²) in [5.74, 6) is 1.52. The quantitative estimate of drug-likeness (QED) is 0.859. The molecule has 0 radical (unpaired) electrons. The molecule has 0 aliphatic carbocycles. The highest BCUT2D eigenvalue weighted by Gasteiger charge is 2.27. The van der Waals surface area contributed by atoms with Crippen molar-refractivity contribution in [3.63, 3.8) is 0 Å². The van der Waals surface area contributed by atoms with Gasteiger partial charge in [0.05, 0.1) is 17.9 Å². The molecule has 7 nitrogen and oxygen atoms in total. The number of para-hydroxylation sites is 2. The second-order valence-electron chi connectivity index (χ2n) is 6.49. The zero-order valence-electron chi connectivity index (χ0n) is 14.6. The minimum Gasteiger partial charge on any atom is -0.360 e. The molecule has 7 heteroatoms. The number of aromatic nitrogens is 2. The molecule has 0 spiro atoms. The normalized spacial score (nSPS) is 17.4. The van der Waals surface area contributed by atoms with E-state index in [1.165, 1.54) is 0 Å². The van der Waals surface area contributed by atoms with Gasteiger partial charge in [-0.3, -0.25) is 4.79 Å². The summed E-state index contributed by atoms with van der Waals surface area (Å²) in [6, 6.07) is 7.96. The number of rotatable bonds is 3. The van der Waals surface area contributed by atoms with Crippen LogP contribution in [-0.4, -0.2) is 43.2 Å². The summed E-state index contributed by atoms with van der Waals surface area (Å²) in [5.41, 5.74) is 1.95. The number of benzene rings is 1. The van der Waals surface area contributed by atoms with Crippen molar-refractivity contribution in [1.29, 1.82) is 0 Å². The van der Waals surface area contributed by atoms with Crippen molar-refractivity contribution in [3.8, 4) is 0 Å². The van der Waals surface area contributed by atoms with Crippen molar-refractivity contribution in [3.05, 3.63) is 30.2 Å². The van der Waals surface area contributed by atoms with Gasteiger partial charge in [0, 0.05) is 34.1 Å². The minimum atomic E-state index is 0.0591. The first-order valence-corrected chi connectivity index (χ1v) is 8.07. The SMILES string of the molecule is CC(=O)N1CC(C)CN(Cc2nc(N(C)C)no2)c2ccccc21. The van der Waals surface area contributed by atoms with E-state index in [-0.39, 0.29) is 5.91 Å². The molecule has 1 aromatic carbocycles. The predicted octanol–water partition coefficient (Wildman–Crippen LogP) is 2.14. The lowest BCUT2D eigenvalue weighted by Crippen LogP contribution is -2.33. The molecule has 1 amide bonds. The second kappa shape index (κ2) is 6.51. The number of carbonyl (C=O) groups excluding carboxylic acids is 1. The van der Waals surface area contributed by atoms with Gasteiger partial charge in [-0.1, -0.05) is 19.1 Å². The number of hydrogen-bond donors (Lipinski definition) is 0. The van der Waals surface area contributed by atoms with Gasteiger partial charge in [-0.2, -0.15) is 4.98 Å². The van der Waals surface area contributed by atoms with Crippen LogP contribution < -0.4 is 14.7 Å².